The SMILES string of the molecule is C=C(C)OC(=O)CC(Cl)Cl. The molecule has 0 aliphatic rings. The Morgan fingerprint density at radius 1 is 1.70 bits per heavy atom. The highest BCUT2D eigenvalue weighted by Crippen LogP contribution is 2.08. The van der Waals surface area contributed by atoms with Crippen LogP contribution < -0.4 is 0 Å². The Balaban J connectivity index is 3.54. The van der Waals surface area contributed by atoms with Gasteiger partial charge < -0.3 is 4.74 Å². The lowest BCUT2D eigenvalue weighted by atomic mass is 10.5. The summed E-state index contributed by atoms with van der Waals surface area (Å²) in [6, 6.07) is 0. The monoisotopic (exact) mass is 182 g/mol. The van der Waals surface area contributed by atoms with E-state index in [1.807, 2.05) is 0 Å². The number of hydrogen-bond donors (Lipinski definition) is 0. The van der Waals surface area contributed by atoms with Crippen molar-refractivity contribution in [3.05, 3.63) is 12.3 Å². The molecule has 0 bridgehead atoms. The zero-order chi connectivity index (χ0) is 8.15. The molecule has 0 aliphatic carbocycles. The summed E-state index contributed by atoms with van der Waals surface area (Å²) in [6.07, 6.45) is -0.00400. The zero-order valence-corrected chi connectivity index (χ0v) is 7.08. The van der Waals surface area contributed by atoms with E-state index in [4.69, 9.17) is 23.2 Å². The van der Waals surface area contributed by atoms with Gasteiger partial charge in [0.1, 0.15) is 4.84 Å². The predicted octanol–water partition coefficient (Wildman–Crippen LogP) is 2.26. The number of carbonyl (C=O) groups is 1. The number of hydrogen-bond acceptors (Lipinski definition) is 2. The lowest BCUT2D eigenvalue weighted by molar-refractivity contribution is -0.139. The van der Waals surface area contributed by atoms with Crippen molar-refractivity contribution in [1.82, 2.24) is 0 Å². The van der Waals surface area contributed by atoms with Crippen LogP contribution in [-0.4, -0.2) is 10.8 Å². The summed E-state index contributed by atoms with van der Waals surface area (Å²) >= 11 is 10.6. The van der Waals surface area contributed by atoms with Crippen LogP contribution in [0.2, 0.25) is 0 Å². The van der Waals surface area contributed by atoms with Crippen molar-refractivity contribution in [2.24, 2.45) is 0 Å². The molecule has 0 atom stereocenters. The normalized spacial score (nSPS) is 9.60. The maximum atomic E-state index is 10.6. The molecule has 0 saturated carbocycles. The van der Waals surface area contributed by atoms with Crippen LogP contribution in [0.25, 0.3) is 0 Å². The molecule has 0 fully saturated rings. The Bertz CT molecular complexity index is 143. The van der Waals surface area contributed by atoms with Gasteiger partial charge in [0.25, 0.3) is 0 Å². The molecule has 0 aromatic rings. The summed E-state index contributed by atoms with van der Waals surface area (Å²) in [6.45, 7) is 4.95. The Hall–Kier alpha value is -0.210. The standard InChI is InChI=1S/C6H8Cl2O2/c1-4(2)10-6(9)3-5(7)8/h5H,1,3H2,2H3. The summed E-state index contributed by atoms with van der Waals surface area (Å²) in [7, 11) is 0. The summed E-state index contributed by atoms with van der Waals surface area (Å²) in [5.41, 5.74) is 0. The van der Waals surface area contributed by atoms with Crippen LogP contribution in [0.5, 0.6) is 0 Å². The van der Waals surface area contributed by atoms with Gasteiger partial charge in [-0.05, 0) is 6.92 Å². The Labute approximate surface area is 69.8 Å². The first-order chi connectivity index (χ1) is 4.52. The van der Waals surface area contributed by atoms with Crippen molar-refractivity contribution >= 4 is 29.2 Å². The molecule has 0 spiro atoms. The maximum Gasteiger partial charge on any atom is 0.313 e. The topological polar surface area (TPSA) is 26.3 Å². The first-order valence-electron chi connectivity index (χ1n) is 2.66. The fourth-order valence-corrected chi connectivity index (χ4v) is 0.614. The number of rotatable bonds is 3. The lowest BCUT2D eigenvalue weighted by Gasteiger charge is -2.01. The van der Waals surface area contributed by atoms with E-state index >= 15 is 0 Å². The van der Waals surface area contributed by atoms with E-state index in [0.717, 1.165) is 0 Å². The quantitative estimate of drug-likeness (QED) is 0.381. The number of allylic oxidation sites excluding steroid dienone is 1. The van der Waals surface area contributed by atoms with Gasteiger partial charge in [0.05, 0.1) is 12.2 Å². The molecule has 0 aromatic carbocycles. The predicted molar refractivity (Wildman–Crippen MR) is 41.0 cm³/mol. The molecule has 4 heteroatoms. The third-order valence-electron chi connectivity index (χ3n) is 0.609. The molecule has 0 aromatic heterocycles. The van der Waals surface area contributed by atoms with Crippen molar-refractivity contribution in [1.29, 1.82) is 0 Å². The average molecular weight is 183 g/mol. The van der Waals surface area contributed by atoms with Gasteiger partial charge in [0.2, 0.25) is 0 Å². The van der Waals surface area contributed by atoms with Crippen LogP contribution >= 0.6 is 23.2 Å². The molecule has 0 N–H and O–H groups in total. The molecule has 10 heavy (non-hydrogen) atoms. The minimum absolute atomic E-state index is 0.00400. The van der Waals surface area contributed by atoms with Crippen LogP contribution in [0.3, 0.4) is 0 Å². The zero-order valence-electron chi connectivity index (χ0n) is 5.56. The average Bonchev–Trinajstić information content (AvgIpc) is 1.58. The van der Waals surface area contributed by atoms with E-state index in [9.17, 15) is 4.79 Å². The molecule has 0 unspecified atom stereocenters. The van der Waals surface area contributed by atoms with E-state index in [1.54, 1.807) is 6.92 Å². The van der Waals surface area contributed by atoms with Crippen molar-refractivity contribution in [3.63, 3.8) is 0 Å². The highest BCUT2D eigenvalue weighted by Gasteiger charge is 2.08. The number of alkyl halides is 2. The van der Waals surface area contributed by atoms with E-state index in [-0.39, 0.29) is 6.42 Å². The van der Waals surface area contributed by atoms with Gasteiger partial charge in [-0.25, -0.2) is 0 Å². The van der Waals surface area contributed by atoms with Gasteiger partial charge in [-0.1, -0.05) is 6.58 Å². The molecule has 0 aliphatic heterocycles. The Morgan fingerprint density at radius 3 is 2.50 bits per heavy atom. The smallest absolute Gasteiger partial charge is 0.313 e. The molecular formula is C6H8Cl2O2. The molecule has 0 heterocycles. The fourth-order valence-electron chi connectivity index (χ4n) is 0.362. The van der Waals surface area contributed by atoms with Crippen LogP contribution in [0.15, 0.2) is 12.3 Å². The number of carbonyl (C=O) groups excluding carboxylic acids is 1. The second-order valence-electron chi connectivity index (χ2n) is 1.77. The van der Waals surface area contributed by atoms with E-state index in [2.05, 4.69) is 11.3 Å². The largest absolute Gasteiger partial charge is 0.432 e. The minimum atomic E-state index is -0.702. The van der Waals surface area contributed by atoms with Gasteiger partial charge in [-0.3, -0.25) is 4.79 Å². The second kappa shape index (κ2) is 4.58. The summed E-state index contributed by atoms with van der Waals surface area (Å²) in [5, 5.41) is 0. The molecular weight excluding hydrogens is 175 g/mol. The lowest BCUT2D eigenvalue weighted by Crippen LogP contribution is -2.05. The van der Waals surface area contributed by atoms with Crippen molar-refractivity contribution in [3.8, 4) is 0 Å². The summed E-state index contributed by atoms with van der Waals surface area (Å²) < 4.78 is 4.56. The first kappa shape index (κ1) is 9.79. The number of halogens is 2. The van der Waals surface area contributed by atoms with E-state index in [0.29, 0.717) is 5.76 Å². The number of ether oxygens (including phenoxy) is 1. The summed E-state index contributed by atoms with van der Waals surface area (Å²) in [4.78, 5) is 9.91. The van der Waals surface area contributed by atoms with Crippen molar-refractivity contribution in [2.75, 3.05) is 0 Å². The van der Waals surface area contributed by atoms with Crippen LogP contribution in [0.1, 0.15) is 13.3 Å². The van der Waals surface area contributed by atoms with Crippen LogP contribution in [0.4, 0.5) is 0 Å². The molecule has 2 nitrogen and oxygen atoms in total. The third-order valence-corrected chi connectivity index (χ3v) is 0.918. The molecule has 0 radical (unpaired) electrons. The second-order valence-corrected chi connectivity index (χ2v) is 3.05. The molecule has 0 amide bonds. The van der Waals surface area contributed by atoms with Gasteiger partial charge >= 0.3 is 5.97 Å². The van der Waals surface area contributed by atoms with E-state index < -0.39 is 10.8 Å². The number of esters is 1. The van der Waals surface area contributed by atoms with Crippen molar-refractivity contribution in [2.45, 2.75) is 18.2 Å². The minimum Gasteiger partial charge on any atom is -0.432 e. The van der Waals surface area contributed by atoms with Gasteiger partial charge in [0.15, 0.2) is 0 Å². The highest BCUT2D eigenvalue weighted by atomic mass is 35.5. The third kappa shape index (κ3) is 5.92. The van der Waals surface area contributed by atoms with Gasteiger partial charge in [-0.15, -0.1) is 23.2 Å². The summed E-state index contributed by atoms with van der Waals surface area (Å²) in [5.74, 6) is -0.110. The van der Waals surface area contributed by atoms with Crippen LogP contribution in [-0.2, 0) is 9.53 Å². The molecule has 0 rings (SSSR count). The highest BCUT2D eigenvalue weighted by molar-refractivity contribution is 6.45. The fraction of sp³-hybridized carbons (Fsp3) is 0.500. The first-order valence-corrected chi connectivity index (χ1v) is 3.54. The molecule has 0 saturated heterocycles. The molecule has 58 valence electrons. The maximum absolute atomic E-state index is 10.6. The Morgan fingerprint density at radius 2 is 2.20 bits per heavy atom. The van der Waals surface area contributed by atoms with E-state index in [1.165, 1.54) is 0 Å². The van der Waals surface area contributed by atoms with Gasteiger partial charge in [0, 0.05) is 0 Å². The van der Waals surface area contributed by atoms with Crippen LogP contribution in [0, 0.1) is 0 Å². The Kier molecular flexibility index (Phi) is 4.49. The van der Waals surface area contributed by atoms with Crippen molar-refractivity contribution < 1.29 is 9.53 Å². The van der Waals surface area contributed by atoms with Gasteiger partial charge in [-0.2, -0.15) is 0 Å².